The van der Waals surface area contributed by atoms with Crippen molar-refractivity contribution < 1.29 is 5.11 Å². The number of hydrogen-bond donors (Lipinski definition) is 1. The van der Waals surface area contributed by atoms with E-state index in [0.717, 1.165) is 37.3 Å². The van der Waals surface area contributed by atoms with Gasteiger partial charge in [0, 0.05) is 31.5 Å². The number of aliphatic hydroxyl groups is 1. The van der Waals surface area contributed by atoms with Gasteiger partial charge < -0.3 is 10.0 Å². The van der Waals surface area contributed by atoms with Crippen LogP contribution < -0.4 is 4.90 Å². The van der Waals surface area contributed by atoms with E-state index in [1.807, 2.05) is 12.1 Å². The third-order valence-electron chi connectivity index (χ3n) is 3.09. The van der Waals surface area contributed by atoms with Crippen LogP contribution in [-0.4, -0.2) is 29.8 Å². The van der Waals surface area contributed by atoms with E-state index in [1.54, 1.807) is 6.20 Å². The molecule has 1 saturated heterocycles. The summed E-state index contributed by atoms with van der Waals surface area (Å²) in [4.78, 5) is 6.64. The third-order valence-corrected chi connectivity index (χ3v) is 3.38. The molecule has 0 amide bonds. The van der Waals surface area contributed by atoms with Crippen LogP contribution in [0.1, 0.15) is 18.4 Å². The third kappa shape index (κ3) is 2.47. The first-order valence-electron chi connectivity index (χ1n) is 5.70. The largest absolute Gasteiger partial charge is 0.396 e. The molecule has 88 valence electrons. The second-order valence-electron chi connectivity index (χ2n) is 4.26. The van der Waals surface area contributed by atoms with Crippen molar-refractivity contribution >= 4 is 17.4 Å². The average molecular weight is 241 g/mol. The van der Waals surface area contributed by atoms with Gasteiger partial charge in [-0.05, 0) is 24.8 Å². The van der Waals surface area contributed by atoms with Gasteiger partial charge >= 0.3 is 0 Å². The molecular formula is C12H17ClN2O. The van der Waals surface area contributed by atoms with Crippen LogP contribution in [0.25, 0.3) is 0 Å². The molecule has 1 aliphatic rings. The topological polar surface area (TPSA) is 36.4 Å². The molecule has 0 aliphatic carbocycles. The van der Waals surface area contributed by atoms with Gasteiger partial charge in [0.2, 0.25) is 0 Å². The van der Waals surface area contributed by atoms with Gasteiger partial charge in [-0.15, -0.1) is 11.6 Å². The Labute approximate surface area is 101 Å². The highest BCUT2D eigenvalue weighted by molar-refractivity contribution is 6.17. The van der Waals surface area contributed by atoms with Crippen LogP contribution in [0.3, 0.4) is 0 Å². The summed E-state index contributed by atoms with van der Waals surface area (Å²) in [6, 6.07) is 3.92. The minimum absolute atomic E-state index is 0.263. The highest BCUT2D eigenvalue weighted by atomic mass is 35.5. The van der Waals surface area contributed by atoms with Crippen molar-refractivity contribution in [2.75, 3.05) is 24.6 Å². The van der Waals surface area contributed by atoms with E-state index < -0.39 is 0 Å². The molecule has 0 bridgehead atoms. The number of halogens is 1. The molecule has 1 aromatic heterocycles. The number of aromatic nitrogens is 1. The lowest BCUT2D eigenvalue weighted by atomic mass is 9.99. The van der Waals surface area contributed by atoms with E-state index in [2.05, 4.69) is 9.88 Å². The van der Waals surface area contributed by atoms with Crippen LogP contribution in [0.2, 0.25) is 0 Å². The van der Waals surface area contributed by atoms with Gasteiger partial charge in [0.05, 0.1) is 5.88 Å². The first-order chi connectivity index (χ1) is 7.85. The number of rotatable bonds is 3. The molecule has 16 heavy (non-hydrogen) atoms. The second kappa shape index (κ2) is 5.51. The Bertz CT molecular complexity index is 346. The van der Waals surface area contributed by atoms with Crippen molar-refractivity contribution in [2.45, 2.75) is 18.7 Å². The standard InChI is InChI=1S/C12H17ClN2O/c13-7-11-4-1-5-14-12(11)15-6-2-3-10(8-15)9-16/h1,4-5,10,16H,2-3,6-9H2. The summed E-state index contributed by atoms with van der Waals surface area (Å²) in [6.45, 7) is 2.16. The lowest BCUT2D eigenvalue weighted by Gasteiger charge is -2.33. The molecule has 0 saturated carbocycles. The Hall–Kier alpha value is -0.800. The van der Waals surface area contributed by atoms with Gasteiger partial charge in [-0.1, -0.05) is 6.07 Å². The molecule has 3 nitrogen and oxygen atoms in total. The van der Waals surface area contributed by atoms with Crippen molar-refractivity contribution in [3.63, 3.8) is 0 Å². The smallest absolute Gasteiger partial charge is 0.132 e. The molecule has 0 aromatic carbocycles. The zero-order chi connectivity index (χ0) is 11.4. The predicted octanol–water partition coefficient (Wildman–Crippen LogP) is 2.03. The van der Waals surface area contributed by atoms with Crippen molar-refractivity contribution in [3.05, 3.63) is 23.9 Å². The molecule has 1 aliphatic heterocycles. The van der Waals surface area contributed by atoms with Crippen LogP contribution in [0, 0.1) is 5.92 Å². The fourth-order valence-electron chi connectivity index (χ4n) is 2.23. The van der Waals surface area contributed by atoms with E-state index in [-0.39, 0.29) is 6.61 Å². The van der Waals surface area contributed by atoms with Crippen LogP contribution in [0.4, 0.5) is 5.82 Å². The van der Waals surface area contributed by atoms with E-state index in [0.29, 0.717) is 11.8 Å². The fourth-order valence-corrected chi connectivity index (χ4v) is 2.43. The monoisotopic (exact) mass is 240 g/mol. The SMILES string of the molecule is OCC1CCCN(c2ncccc2CCl)C1. The maximum atomic E-state index is 9.21. The number of piperidine rings is 1. The molecule has 1 unspecified atom stereocenters. The van der Waals surface area contributed by atoms with Crippen LogP contribution in [0.5, 0.6) is 0 Å². The summed E-state index contributed by atoms with van der Waals surface area (Å²) < 4.78 is 0. The number of nitrogens with zero attached hydrogens (tertiary/aromatic N) is 2. The first kappa shape index (κ1) is 11.7. The highest BCUT2D eigenvalue weighted by Crippen LogP contribution is 2.25. The normalized spacial score (nSPS) is 21.1. The Morgan fingerprint density at radius 3 is 3.19 bits per heavy atom. The molecule has 0 spiro atoms. The van der Waals surface area contributed by atoms with Gasteiger partial charge in [-0.25, -0.2) is 4.98 Å². The summed E-state index contributed by atoms with van der Waals surface area (Å²) in [7, 11) is 0. The predicted molar refractivity (Wildman–Crippen MR) is 65.8 cm³/mol. The number of pyridine rings is 1. The fraction of sp³-hybridized carbons (Fsp3) is 0.583. The van der Waals surface area contributed by atoms with Gasteiger partial charge in [-0.3, -0.25) is 0 Å². The maximum Gasteiger partial charge on any atom is 0.132 e. The van der Waals surface area contributed by atoms with Crippen molar-refractivity contribution in [1.29, 1.82) is 0 Å². The summed E-state index contributed by atoms with van der Waals surface area (Å²) in [5.74, 6) is 1.85. The number of aliphatic hydroxyl groups excluding tert-OH is 1. The summed E-state index contributed by atoms with van der Waals surface area (Å²) in [5, 5.41) is 9.21. The quantitative estimate of drug-likeness (QED) is 0.822. The van der Waals surface area contributed by atoms with Crippen molar-refractivity contribution in [1.82, 2.24) is 4.98 Å². The summed E-state index contributed by atoms with van der Waals surface area (Å²) >= 11 is 5.91. The molecule has 1 aromatic rings. The van der Waals surface area contributed by atoms with Gasteiger partial charge in [0.25, 0.3) is 0 Å². The van der Waals surface area contributed by atoms with E-state index in [1.165, 1.54) is 0 Å². The molecule has 0 radical (unpaired) electrons. The molecule has 1 N–H and O–H groups in total. The second-order valence-corrected chi connectivity index (χ2v) is 4.52. The zero-order valence-corrected chi connectivity index (χ0v) is 10.0. The van der Waals surface area contributed by atoms with Crippen molar-refractivity contribution in [2.24, 2.45) is 5.92 Å². The minimum Gasteiger partial charge on any atom is -0.396 e. The Balaban J connectivity index is 2.16. The van der Waals surface area contributed by atoms with Crippen molar-refractivity contribution in [3.8, 4) is 0 Å². The Morgan fingerprint density at radius 2 is 2.44 bits per heavy atom. The molecule has 2 rings (SSSR count). The average Bonchev–Trinajstić information content (AvgIpc) is 2.38. The summed E-state index contributed by atoms with van der Waals surface area (Å²) in [5.41, 5.74) is 1.07. The van der Waals surface area contributed by atoms with Gasteiger partial charge in [0.15, 0.2) is 0 Å². The molecular weight excluding hydrogens is 224 g/mol. The van der Waals surface area contributed by atoms with Gasteiger partial charge in [-0.2, -0.15) is 0 Å². The summed E-state index contributed by atoms with van der Waals surface area (Å²) in [6.07, 6.45) is 4.02. The number of hydrogen-bond acceptors (Lipinski definition) is 3. The molecule has 1 atom stereocenters. The lowest BCUT2D eigenvalue weighted by Crippen LogP contribution is -2.37. The molecule has 1 fully saturated rings. The van der Waals surface area contributed by atoms with Gasteiger partial charge in [0.1, 0.15) is 5.82 Å². The van der Waals surface area contributed by atoms with Crippen LogP contribution >= 0.6 is 11.6 Å². The van der Waals surface area contributed by atoms with E-state index >= 15 is 0 Å². The minimum atomic E-state index is 0.263. The molecule has 2 heterocycles. The van der Waals surface area contributed by atoms with Crippen LogP contribution in [0.15, 0.2) is 18.3 Å². The van der Waals surface area contributed by atoms with E-state index in [4.69, 9.17) is 11.6 Å². The zero-order valence-electron chi connectivity index (χ0n) is 9.27. The van der Waals surface area contributed by atoms with E-state index in [9.17, 15) is 5.11 Å². The Kier molecular flexibility index (Phi) is 4.02. The number of alkyl halides is 1. The maximum absolute atomic E-state index is 9.21. The first-order valence-corrected chi connectivity index (χ1v) is 6.24. The lowest BCUT2D eigenvalue weighted by molar-refractivity contribution is 0.208. The molecule has 4 heteroatoms. The number of anilines is 1. The Morgan fingerprint density at radius 1 is 1.56 bits per heavy atom. The highest BCUT2D eigenvalue weighted by Gasteiger charge is 2.21. The van der Waals surface area contributed by atoms with Crippen LogP contribution in [-0.2, 0) is 5.88 Å².